The van der Waals surface area contributed by atoms with Crippen molar-refractivity contribution in [2.75, 3.05) is 6.54 Å². The van der Waals surface area contributed by atoms with Crippen molar-refractivity contribution in [2.45, 2.75) is 84.7 Å². The molecule has 0 bridgehead atoms. The Morgan fingerprint density at radius 2 is 1.53 bits per heavy atom. The average molecular weight is 271 g/mol. The van der Waals surface area contributed by atoms with Gasteiger partial charge in [-0.1, -0.05) is 58.8 Å². The fraction of sp³-hybridized carbons (Fsp3) is 0.938. The molecule has 2 unspecified atom stereocenters. The largest absolute Gasteiger partial charge is 0.393 e. The topological polar surface area (TPSA) is 49.3 Å². The molecule has 114 valence electrons. The van der Waals surface area contributed by atoms with Crippen molar-refractivity contribution < 1.29 is 9.90 Å². The number of aliphatic hydroxyl groups is 1. The van der Waals surface area contributed by atoms with Crippen LogP contribution in [0.2, 0.25) is 0 Å². The normalized spacial score (nSPS) is 14.1. The minimum Gasteiger partial charge on any atom is -0.393 e. The molecular weight excluding hydrogens is 238 g/mol. The van der Waals surface area contributed by atoms with Crippen LogP contribution >= 0.6 is 0 Å². The van der Waals surface area contributed by atoms with Gasteiger partial charge in [-0.25, -0.2) is 0 Å². The SMILES string of the molecule is CCCCCCCCCCNC(=O)C(C)CC(C)O. The minimum absolute atomic E-state index is 0.0730. The molecule has 0 aromatic carbocycles. The molecule has 19 heavy (non-hydrogen) atoms. The van der Waals surface area contributed by atoms with E-state index in [0.29, 0.717) is 6.42 Å². The number of nitrogens with one attached hydrogen (secondary N) is 1. The molecule has 0 saturated carbocycles. The fourth-order valence-corrected chi connectivity index (χ4v) is 2.26. The summed E-state index contributed by atoms with van der Waals surface area (Å²) in [7, 11) is 0. The van der Waals surface area contributed by atoms with Gasteiger partial charge < -0.3 is 10.4 Å². The van der Waals surface area contributed by atoms with Gasteiger partial charge >= 0.3 is 0 Å². The molecule has 0 aromatic rings. The van der Waals surface area contributed by atoms with Crippen molar-refractivity contribution in [2.24, 2.45) is 5.92 Å². The summed E-state index contributed by atoms with van der Waals surface area (Å²) in [5.41, 5.74) is 0. The monoisotopic (exact) mass is 271 g/mol. The van der Waals surface area contributed by atoms with Gasteiger partial charge in [0, 0.05) is 12.5 Å². The zero-order valence-electron chi connectivity index (χ0n) is 13.1. The third-order valence-corrected chi connectivity index (χ3v) is 3.47. The maximum atomic E-state index is 11.7. The third kappa shape index (κ3) is 12.2. The number of carbonyl (C=O) groups is 1. The Kier molecular flexibility index (Phi) is 12.1. The summed E-state index contributed by atoms with van der Waals surface area (Å²) in [6.45, 7) is 6.61. The second kappa shape index (κ2) is 12.5. The molecule has 0 radical (unpaired) electrons. The van der Waals surface area contributed by atoms with E-state index in [4.69, 9.17) is 0 Å². The summed E-state index contributed by atoms with van der Waals surface area (Å²) < 4.78 is 0. The molecular formula is C16H33NO2. The van der Waals surface area contributed by atoms with Gasteiger partial charge in [0.25, 0.3) is 0 Å². The van der Waals surface area contributed by atoms with Gasteiger partial charge in [-0.2, -0.15) is 0 Å². The first-order chi connectivity index (χ1) is 9.07. The highest BCUT2D eigenvalue weighted by Gasteiger charge is 2.14. The van der Waals surface area contributed by atoms with E-state index >= 15 is 0 Å². The zero-order chi connectivity index (χ0) is 14.5. The van der Waals surface area contributed by atoms with Gasteiger partial charge in [-0.15, -0.1) is 0 Å². The van der Waals surface area contributed by atoms with Gasteiger partial charge in [0.05, 0.1) is 6.10 Å². The number of hydrogen-bond donors (Lipinski definition) is 2. The molecule has 0 fully saturated rings. The average Bonchev–Trinajstić information content (AvgIpc) is 2.35. The molecule has 2 atom stereocenters. The Balaban J connectivity index is 3.32. The zero-order valence-corrected chi connectivity index (χ0v) is 13.1. The van der Waals surface area contributed by atoms with Crippen LogP contribution in [-0.4, -0.2) is 23.7 Å². The van der Waals surface area contributed by atoms with Crippen LogP contribution in [-0.2, 0) is 4.79 Å². The van der Waals surface area contributed by atoms with Crippen molar-refractivity contribution in [1.82, 2.24) is 5.32 Å². The number of hydrogen-bond acceptors (Lipinski definition) is 2. The van der Waals surface area contributed by atoms with Crippen LogP contribution in [0.25, 0.3) is 0 Å². The van der Waals surface area contributed by atoms with Crippen molar-refractivity contribution in [3.8, 4) is 0 Å². The first-order valence-corrected chi connectivity index (χ1v) is 8.03. The van der Waals surface area contributed by atoms with Gasteiger partial charge in [0.1, 0.15) is 0 Å². The van der Waals surface area contributed by atoms with Crippen molar-refractivity contribution in [3.63, 3.8) is 0 Å². The van der Waals surface area contributed by atoms with Crippen LogP contribution in [0.3, 0.4) is 0 Å². The van der Waals surface area contributed by atoms with E-state index in [0.717, 1.165) is 13.0 Å². The molecule has 0 saturated heterocycles. The molecule has 0 aliphatic rings. The maximum Gasteiger partial charge on any atom is 0.222 e. The molecule has 0 aliphatic heterocycles. The molecule has 3 heteroatoms. The highest BCUT2D eigenvalue weighted by atomic mass is 16.3. The molecule has 0 rings (SSSR count). The third-order valence-electron chi connectivity index (χ3n) is 3.47. The number of rotatable bonds is 12. The Hall–Kier alpha value is -0.570. The fourth-order valence-electron chi connectivity index (χ4n) is 2.26. The van der Waals surface area contributed by atoms with E-state index in [1.807, 2.05) is 6.92 Å². The van der Waals surface area contributed by atoms with Crippen LogP contribution in [0.5, 0.6) is 0 Å². The van der Waals surface area contributed by atoms with Crippen LogP contribution in [0.15, 0.2) is 0 Å². The van der Waals surface area contributed by atoms with Gasteiger partial charge in [-0.3, -0.25) is 4.79 Å². The maximum absolute atomic E-state index is 11.7. The number of carbonyl (C=O) groups excluding carboxylic acids is 1. The molecule has 2 N–H and O–H groups in total. The minimum atomic E-state index is -0.399. The van der Waals surface area contributed by atoms with E-state index in [9.17, 15) is 9.90 Å². The van der Waals surface area contributed by atoms with Gasteiger partial charge in [0.15, 0.2) is 0 Å². The Bertz CT molecular complexity index is 217. The van der Waals surface area contributed by atoms with E-state index in [-0.39, 0.29) is 11.8 Å². The van der Waals surface area contributed by atoms with E-state index < -0.39 is 6.10 Å². The van der Waals surface area contributed by atoms with Crippen LogP contribution in [0.1, 0.15) is 78.6 Å². The molecule has 3 nitrogen and oxygen atoms in total. The number of amides is 1. The molecule has 0 heterocycles. The van der Waals surface area contributed by atoms with Gasteiger partial charge in [0.2, 0.25) is 5.91 Å². The lowest BCUT2D eigenvalue weighted by Gasteiger charge is -2.13. The second-order valence-corrected chi connectivity index (χ2v) is 5.75. The van der Waals surface area contributed by atoms with E-state index in [1.54, 1.807) is 6.92 Å². The highest BCUT2D eigenvalue weighted by molar-refractivity contribution is 5.78. The highest BCUT2D eigenvalue weighted by Crippen LogP contribution is 2.08. The lowest BCUT2D eigenvalue weighted by atomic mass is 10.0. The standard InChI is InChI=1S/C16H33NO2/c1-4-5-6-7-8-9-10-11-12-17-16(19)14(2)13-15(3)18/h14-15,18H,4-13H2,1-3H3,(H,17,19). The van der Waals surface area contributed by atoms with E-state index in [1.165, 1.54) is 44.9 Å². The molecule has 1 amide bonds. The summed E-state index contributed by atoms with van der Waals surface area (Å²) in [5.74, 6) is -0.0158. The summed E-state index contributed by atoms with van der Waals surface area (Å²) in [6.07, 6.45) is 10.4. The quantitative estimate of drug-likeness (QED) is 0.532. The summed E-state index contributed by atoms with van der Waals surface area (Å²) in [6, 6.07) is 0. The number of unbranched alkanes of at least 4 members (excludes halogenated alkanes) is 7. The van der Waals surface area contributed by atoms with Crippen LogP contribution < -0.4 is 5.32 Å². The van der Waals surface area contributed by atoms with Crippen molar-refractivity contribution >= 4 is 5.91 Å². The van der Waals surface area contributed by atoms with E-state index in [2.05, 4.69) is 12.2 Å². The molecule has 0 spiro atoms. The lowest BCUT2D eigenvalue weighted by Crippen LogP contribution is -2.31. The predicted molar refractivity (Wildman–Crippen MR) is 81.1 cm³/mol. The smallest absolute Gasteiger partial charge is 0.222 e. The Morgan fingerprint density at radius 1 is 1.00 bits per heavy atom. The second-order valence-electron chi connectivity index (χ2n) is 5.75. The summed E-state index contributed by atoms with van der Waals surface area (Å²) in [5, 5.41) is 12.2. The van der Waals surface area contributed by atoms with Crippen molar-refractivity contribution in [3.05, 3.63) is 0 Å². The lowest BCUT2D eigenvalue weighted by molar-refractivity contribution is -0.125. The van der Waals surface area contributed by atoms with Crippen molar-refractivity contribution in [1.29, 1.82) is 0 Å². The van der Waals surface area contributed by atoms with Crippen LogP contribution in [0, 0.1) is 5.92 Å². The number of aliphatic hydroxyl groups excluding tert-OH is 1. The Labute approximate surface area is 119 Å². The summed E-state index contributed by atoms with van der Waals surface area (Å²) in [4.78, 5) is 11.7. The molecule has 0 aliphatic carbocycles. The first-order valence-electron chi connectivity index (χ1n) is 8.03. The predicted octanol–water partition coefficient (Wildman–Crippen LogP) is 3.65. The first kappa shape index (κ1) is 18.4. The Morgan fingerprint density at radius 3 is 2.05 bits per heavy atom. The molecule has 0 aromatic heterocycles. The summed E-state index contributed by atoms with van der Waals surface area (Å²) >= 11 is 0. The van der Waals surface area contributed by atoms with Gasteiger partial charge in [-0.05, 0) is 19.8 Å². The van der Waals surface area contributed by atoms with Crippen LogP contribution in [0.4, 0.5) is 0 Å².